The maximum atomic E-state index is 12.0. The summed E-state index contributed by atoms with van der Waals surface area (Å²) >= 11 is 0. The van der Waals surface area contributed by atoms with E-state index in [1.165, 1.54) is 0 Å². The molecule has 0 aromatic heterocycles. The van der Waals surface area contributed by atoms with Crippen LogP contribution in [0.3, 0.4) is 0 Å². The van der Waals surface area contributed by atoms with Gasteiger partial charge in [-0.3, -0.25) is 0 Å². The van der Waals surface area contributed by atoms with Gasteiger partial charge in [0.15, 0.2) is 0 Å². The van der Waals surface area contributed by atoms with Gasteiger partial charge in [0.25, 0.3) is 0 Å². The number of hydrogen-bond donors (Lipinski definition) is 2. The number of hydrogen-bond acceptors (Lipinski definition) is 5. The topological polar surface area (TPSA) is 88.1 Å². The van der Waals surface area contributed by atoms with Gasteiger partial charge in [0, 0.05) is 19.6 Å². The highest BCUT2D eigenvalue weighted by Crippen LogP contribution is 2.23. The summed E-state index contributed by atoms with van der Waals surface area (Å²) in [5, 5.41) is 13.1. The van der Waals surface area contributed by atoms with Crippen LogP contribution in [-0.2, 0) is 9.47 Å². The number of amides is 2. The van der Waals surface area contributed by atoms with Crippen LogP contribution in [-0.4, -0.2) is 58.6 Å². The van der Waals surface area contributed by atoms with Gasteiger partial charge in [0.1, 0.15) is 11.2 Å². The van der Waals surface area contributed by atoms with Crippen molar-refractivity contribution in [1.82, 2.24) is 10.2 Å². The van der Waals surface area contributed by atoms with Gasteiger partial charge in [-0.1, -0.05) is 0 Å². The van der Waals surface area contributed by atoms with E-state index in [0.29, 0.717) is 25.9 Å². The Hall–Kier alpha value is -1.50. The molecule has 1 fully saturated rings. The van der Waals surface area contributed by atoms with E-state index in [2.05, 4.69) is 5.32 Å². The fourth-order valence-electron chi connectivity index (χ4n) is 2.16. The fraction of sp³-hybridized carbons (Fsp3) is 0.875. The Balaban J connectivity index is 2.42. The second kappa shape index (κ2) is 6.95. The molecular weight excluding hydrogens is 300 g/mol. The lowest BCUT2D eigenvalue weighted by Gasteiger charge is -2.38. The summed E-state index contributed by atoms with van der Waals surface area (Å²) in [5.41, 5.74) is -2.15. The lowest BCUT2D eigenvalue weighted by atomic mass is 9.91. The summed E-state index contributed by atoms with van der Waals surface area (Å²) in [6.45, 7) is 11.7. The smallest absolute Gasteiger partial charge is 0.410 e. The molecule has 0 spiro atoms. The largest absolute Gasteiger partial charge is 0.444 e. The van der Waals surface area contributed by atoms with Gasteiger partial charge in [-0.05, 0) is 54.4 Å². The number of alkyl carbamates (subject to hydrolysis) is 1. The first-order chi connectivity index (χ1) is 10.3. The van der Waals surface area contributed by atoms with E-state index in [9.17, 15) is 14.7 Å². The highest BCUT2D eigenvalue weighted by atomic mass is 16.6. The van der Waals surface area contributed by atoms with Gasteiger partial charge in [0.2, 0.25) is 0 Å². The van der Waals surface area contributed by atoms with Crippen molar-refractivity contribution < 1.29 is 24.2 Å². The molecule has 7 heteroatoms. The molecule has 0 radical (unpaired) electrons. The number of likely N-dealkylation sites (tertiary alicyclic amines) is 1. The summed E-state index contributed by atoms with van der Waals surface area (Å²) in [5.74, 6) is 0. The zero-order chi connectivity index (χ0) is 17.9. The minimum atomic E-state index is -1.03. The molecule has 0 bridgehead atoms. The van der Waals surface area contributed by atoms with Gasteiger partial charge in [0.05, 0.1) is 5.60 Å². The third-order valence-electron chi connectivity index (χ3n) is 3.31. The van der Waals surface area contributed by atoms with Crippen LogP contribution in [0, 0.1) is 0 Å². The Morgan fingerprint density at radius 3 is 1.96 bits per heavy atom. The third kappa shape index (κ3) is 7.54. The molecule has 134 valence electrons. The van der Waals surface area contributed by atoms with Crippen LogP contribution in [0.5, 0.6) is 0 Å². The first kappa shape index (κ1) is 19.5. The average molecular weight is 330 g/mol. The Morgan fingerprint density at radius 1 is 1.04 bits per heavy atom. The van der Waals surface area contributed by atoms with E-state index in [4.69, 9.17) is 9.47 Å². The van der Waals surface area contributed by atoms with Crippen LogP contribution in [0.4, 0.5) is 9.59 Å². The molecule has 1 rings (SSSR count). The first-order valence-electron chi connectivity index (χ1n) is 7.97. The molecule has 2 N–H and O–H groups in total. The number of aliphatic hydroxyl groups is 1. The Bertz CT molecular complexity index is 429. The SMILES string of the molecule is CC(C)(C)OC(=O)NCC1(O)CCN(C(=O)OC(C)(C)C)CC1. The van der Waals surface area contributed by atoms with Crippen molar-refractivity contribution in [2.24, 2.45) is 0 Å². The van der Waals surface area contributed by atoms with E-state index in [1.54, 1.807) is 25.7 Å². The van der Waals surface area contributed by atoms with E-state index in [1.807, 2.05) is 20.8 Å². The molecule has 1 saturated heterocycles. The van der Waals surface area contributed by atoms with Gasteiger partial charge in [-0.2, -0.15) is 0 Å². The molecule has 0 aromatic carbocycles. The zero-order valence-corrected chi connectivity index (χ0v) is 15.1. The van der Waals surface area contributed by atoms with Crippen molar-refractivity contribution in [2.75, 3.05) is 19.6 Å². The molecule has 0 saturated carbocycles. The molecule has 0 aliphatic carbocycles. The summed E-state index contributed by atoms with van der Waals surface area (Å²) in [6, 6.07) is 0. The van der Waals surface area contributed by atoms with Gasteiger partial charge < -0.3 is 24.8 Å². The summed E-state index contributed by atoms with van der Waals surface area (Å²) in [4.78, 5) is 25.2. The second-order valence-electron chi connectivity index (χ2n) is 8.05. The number of carbonyl (C=O) groups is 2. The molecule has 1 aliphatic rings. The number of piperidine rings is 1. The number of rotatable bonds is 2. The predicted octanol–water partition coefficient (Wildman–Crippen LogP) is 2.27. The van der Waals surface area contributed by atoms with Gasteiger partial charge in [-0.15, -0.1) is 0 Å². The van der Waals surface area contributed by atoms with E-state index in [-0.39, 0.29) is 12.6 Å². The molecule has 0 unspecified atom stereocenters. The van der Waals surface area contributed by atoms with Crippen molar-refractivity contribution in [3.8, 4) is 0 Å². The van der Waals surface area contributed by atoms with Crippen molar-refractivity contribution in [2.45, 2.75) is 71.2 Å². The predicted molar refractivity (Wildman–Crippen MR) is 86.2 cm³/mol. The van der Waals surface area contributed by atoms with Crippen molar-refractivity contribution in [1.29, 1.82) is 0 Å². The molecular formula is C16H30N2O5. The number of nitrogens with one attached hydrogen (secondary N) is 1. The lowest BCUT2D eigenvalue weighted by Crippen LogP contribution is -2.53. The van der Waals surface area contributed by atoms with Crippen LogP contribution in [0.2, 0.25) is 0 Å². The van der Waals surface area contributed by atoms with Crippen molar-refractivity contribution in [3.05, 3.63) is 0 Å². The van der Waals surface area contributed by atoms with Gasteiger partial charge >= 0.3 is 12.2 Å². The van der Waals surface area contributed by atoms with Crippen LogP contribution in [0.1, 0.15) is 54.4 Å². The summed E-state index contributed by atoms with van der Waals surface area (Å²) < 4.78 is 10.5. The summed E-state index contributed by atoms with van der Waals surface area (Å²) in [6.07, 6.45) is -0.176. The van der Waals surface area contributed by atoms with Gasteiger partial charge in [-0.25, -0.2) is 9.59 Å². The first-order valence-corrected chi connectivity index (χ1v) is 7.97. The van der Waals surface area contributed by atoms with Crippen LogP contribution >= 0.6 is 0 Å². The molecule has 0 atom stereocenters. The minimum absolute atomic E-state index is 0.101. The fourth-order valence-corrected chi connectivity index (χ4v) is 2.16. The monoisotopic (exact) mass is 330 g/mol. The quantitative estimate of drug-likeness (QED) is 0.811. The minimum Gasteiger partial charge on any atom is -0.444 e. The molecule has 7 nitrogen and oxygen atoms in total. The standard InChI is InChI=1S/C16H30N2O5/c1-14(2,3)22-12(19)17-11-16(21)7-9-18(10-8-16)13(20)23-15(4,5)6/h21H,7-11H2,1-6H3,(H,17,19). The second-order valence-corrected chi connectivity index (χ2v) is 8.05. The van der Waals surface area contributed by atoms with E-state index < -0.39 is 22.9 Å². The lowest BCUT2D eigenvalue weighted by molar-refractivity contribution is -0.0327. The maximum absolute atomic E-state index is 12.0. The normalized spacial score (nSPS) is 18.3. The van der Waals surface area contributed by atoms with Crippen LogP contribution in [0.15, 0.2) is 0 Å². The third-order valence-corrected chi connectivity index (χ3v) is 3.31. The van der Waals surface area contributed by atoms with Crippen LogP contribution in [0.25, 0.3) is 0 Å². The highest BCUT2D eigenvalue weighted by Gasteiger charge is 2.36. The van der Waals surface area contributed by atoms with E-state index >= 15 is 0 Å². The Labute approximate surface area is 138 Å². The molecule has 0 aromatic rings. The Kier molecular flexibility index (Phi) is 5.90. The van der Waals surface area contributed by atoms with E-state index in [0.717, 1.165) is 0 Å². The summed E-state index contributed by atoms with van der Waals surface area (Å²) in [7, 11) is 0. The number of ether oxygens (including phenoxy) is 2. The number of nitrogens with zero attached hydrogens (tertiary/aromatic N) is 1. The number of carbonyl (C=O) groups excluding carboxylic acids is 2. The highest BCUT2D eigenvalue weighted by molar-refractivity contribution is 5.68. The molecule has 2 amide bonds. The Morgan fingerprint density at radius 2 is 1.52 bits per heavy atom. The van der Waals surface area contributed by atoms with Crippen molar-refractivity contribution >= 4 is 12.2 Å². The molecule has 23 heavy (non-hydrogen) atoms. The van der Waals surface area contributed by atoms with Crippen LogP contribution < -0.4 is 5.32 Å². The zero-order valence-electron chi connectivity index (χ0n) is 15.1. The molecule has 1 heterocycles. The maximum Gasteiger partial charge on any atom is 0.410 e. The van der Waals surface area contributed by atoms with Crippen molar-refractivity contribution in [3.63, 3.8) is 0 Å². The average Bonchev–Trinajstić information content (AvgIpc) is 2.33. The molecule has 1 aliphatic heterocycles.